The molecule has 0 bridgehead atoms. The van der Waals surface area contributed by atoms with Crippen LogP contribution in [0.1, 0.15) is 260 Å². The van der Waals surface area contributed by atoms with Crippen LogP contribution in [0.5, 0.6) is 0 Å². The Balaban J connectivity index is 4.57. The molecule has 0 radical (unpaired) electrons. The second kappa shape index (κ2) is 48.1. The van der Waals surface area contributed by atoms with Crippen molar-refractivity contribution in [2.24, 2.45) is 5.92 Å². The number of hydrogen-bond acceptors (Lipinski definition) is 9. The molecule has 9 nitrogen and oxygen atoms in total. The molecule has 0 spiro atoms. The first-order valence-corrected chi connectivity index (χ1v) is 27.4. The molecule has 0 aromatic rings. The van der Waals surface area contributed by atoms with Gasteiger partial charge >= 0.3 is 18.1 Å². The summed E-state index contributed by atoms with van der Waals surface area (Å²) < 4.78 is 23.0. The largest absolute Gasteiger partial charge is 0.508 e. The molecule has 0 saturated carbocycles. The molecule has 0 fully saturated rings. The van der Waals surface area contributed by atoms with Crippen LogP contribution in [-0.2, 0) is 28.5 Å². The van der Waals surface area contributed by atoms with E-state index in [0.29, 0.717) is 45.1 Å². The molecule has 0 aromatic heterocycles. The lowest BCUT2D eigenvalue weighted by Gasteiger charge is -2.26. The molecule has 9 heteroatoms. The number of ether oxygens (including phenoxy) is 4. The molecule has 0 amide bonds. The van der Waals surface area contributed by atoms with Crippen LogP contribution in [0.25, 0.3) is 0 Å². The zero-order valence-electron chi connectivity index (χ0n) is 42.8. The first kappa shape index (κ1) is 61.1. The van der Waals surface area contributed by atoms with Crippen molar-refractivity contribution < 1.29 is 33.3 Å². The molecule has 0 saturated heterocycles. The van der Waals surface area contributed by atoms with Gasteiger partial charge in [0.15, 0.2) is 0 Å². The summed E-state index contributed by atoms with van der Waals surface area (Å²) in [6.07, 6.45) is 37.9. The lowest BCUT2D eigenvalue weighted by molar-refractivity contribution is -0.145. The molecule has 2 atom stereocenters. The maximum absolute atomic E-state index is 12.9. The fourth-order valence-electron chi connectivity index (χ4n) is 8.43. The Morgan fingerprint density at radius 1 is 0.381 bits per heavy atom. The van der Waals surface area contributed by atoms with E-state index in [-0.39, 0.29) is 24.6 Å². The van der Waals surface area contributed by atoms with Crippen LogP contribution >= 0.6 is 0 Å². The first-order valence-electron chi connectivity index (χ1n) is 27.4. The Kier molecular flexibility index (Phi) is 46.6. The SMILES string of the molecule is CCCCCCCCCC(=O)OCCN(CCOC(=O)OC(CCCCCC)CCCCCCCCCC(=O)OCC(CCCCCC)CCCCCCCC)CCN(CC)CC. The molecule has 0 N–H and O–H groups in total. The van der Waals surface area contributed by atoms with Crippen LogP contribution in [0.15, 0.2) is 0 Å². The van der Waals surface area contributed by atoms with Crippen molar-refractivity contribution in [3.8, 4) is 0 Å². The topological polar surface area (TPSA) is 94.6 Å². The second-order valence-corrected chi connectivity index (χ2v) is 18.6. The van der Waals surface area contributed by atoms with E-state index in [1.807, 2.05) is 0 Å². The highest BCUT2D eigenvalue weighted by Crippen LogP contribution is 2.21. The van der Waals surface area contributed by atoms with E-state index in [1.165, 1.54) is 128 Å². The van der Waals surface area contributed by atoms with Crippen molar-refractivity contribution in [2.45, 2.75) is 266 Å². The van der Waals surface area contributed by atoms with Gasteiger partial charge in [-0.3, -0.25) is 14.5 Å². The van der Waals surface area contributed by atoms with E-state index >= 15 is 0 Å². The van der Waals surface area contributed by atoms with Gasteiger partial charge in [-0.05, 0) is 70.4 Å². The molecule has 0 aliphatic heterocycles. The number of nitrogens with zero attached hydrogens (tertiary/aromatic N) is 2. The number of carbonyl (C=O) groups is 3. The molecule has 0 aliphatic carbocycles. The summed E-state index contributed by atoms with van der Waals surface area (Å²) in [5, 5.41) is 0. The summed E-state index contributed by atoms with van der Waals surface area (Å²) in [5.74, 6) is 0.392. The van der Waals surface area contributed by atoms with Gasteiger partial charge in [0.05, 0.1) is 6.61 Å². The van der Waals surface area contributed by atoms with Gasteiger partial charge in [0.1, 0.15) is 19.3 Å². The minimum Gasteiger partial charge on any atom is -0.465 e. The van der Waals surface area contributed by atoms with Gasteiger partial charge in [0.2, 0.25) is 0 Å². The lowest BCUT2D eigenvalue weighted by atomic mass is 9.95. The highest BCUT2D eigenvalue weighted by Gasteiger charge is 2.17. The van der Waals surface area contributed by atoms with Crippen molar-refractivity contribution in [3.63, 3.8) is 0 Å². The third-order valence-corrected chi connectivity index (χ3v) is 12.9. The predicted molar refractivity (Wildman–Crippen MR) is 266 cm³/mol. The van der Waals surface area contributed by atoms with Gasteiger partial charge in [0.25, 0.3) is 0 Å². The van der Waals surface area contributed by atoms with Crippen molar-refractivity contribution in [1.82, 2.24) is 9.80 Å². The normalized spacial score (nSPS) is 12.5. The summed E-state index contributed by atoms with van der Waals surface area (Å²) in [6, 6.07) is 0. The summed E-state index contributed by atoms with van der Waals surface area (Å²) in [5.41, 5.74) is 0. The molecule has 2 unspecified atom stereocenters. The molecular weight excluding hydrogens is 789 g/mol. The molecule has 0 aromatic carbocycles. The van der Waals surface area contributed by atoms with E-state index in [9.17, 15) is 14.4 Å². The number of carbonyl (C=O) groups excluding carboxylic acids is 3. The van der Waals surface area contributed by atoms with E-state index in [4.69, 9.17) is 18.9 Å². The molecule has 0 rings (SSSR count). The monoisotopic (exact) mass is 895 g/mol. The maximum Gasteiger partial charge on any atom is 0.508 e. The second-order valence-electron chi connectivity index (χ2n) is 18.6. The molecule has 0 heterocycles. The average molecular weight is 895 g/mol. The maximum atomic E-state index is 12.9. The van der Waals surface area contributed by atoms with Gasteiger partial charge < -0.3 is 23.8 Å². The van der Waals surface area contributed by atoms with E-state index < -0.39 is 6.16 Å². The minimum atomic E-state index is -0.570. The molecular formula is C54H106N2O7. The zero-order chi connectivity index (χ0) is 46.3. The molecule has 63 heavy (non-hydrogen) atoms. The smallest absolute Gasteiger partial charge is 0.465 e. The predicted octanol–water partition coefficient (Wildman–Crippen LogP) is 15.2. The Hall–Kier alpha value is -1.87. The van der Waals surface area contributed by atoms with E-state index in [2.05, 4.69) is 51.3 Å². The Bertz CT molecular complexity index is 993. The van der Waals surface area contributed by atoms with Gasteiger partial charge in [-0.2, -0.15) is 0 Å². The summed E-state index contributed by atoms with van der Waals surface area (Å²) in [7, 11) is 0. The minimum absolute atomic E-state index is 0.0144. The van der Waals surface area contributed by atoms with Crippen LogP contribution in [0, 0.1) is 5.92 Å². The molecule has 374 valence electrons. The summed E-state index contributed by atoms with van der Waals surface area (Å²) in [6.45, 7) is 19.4. The van der Waals surface area contributed by atoms with Crippen molar-refractivity contribution >= 4 is 18.1 Å². The summed E-state index contributed by atoms with van der Waals surface area (Å²) in [4.78, 5) is 42.5. The fourth-order valence-corrected chi connectivity index (χ4v) is 8.43. The van der Waals surface area contributed by atoms with E-state index in [0.717, 1.165) is 103 Å². The van der Waals surface area contributed by atoms with Crippen LogP contribution in [0.4, 0.5) is 4.79 Å². The highest BCUT2D eigenvalue weighted by molar-refractivity contribution is 5.69. The number of rotatable bonds is 49. The Labute approximate surface area is 391 Å². The molecule has 0 aliphatic rings. The number of unbranched alkanes of at least 4 members (excludes halogenated alkanes) is 23. The first-order chi connectivity index (χ1) is 30.8. The number of likely N-dealkylation sites (N-methyl/N-ethyl adjacent to an activating group) is 1. The van der Waals surface area contributed by atoms with Gasteiger partial charge in [-0.1, -0.05) is 196 Å². The third kappa shape index (κ3) is 42.5. The van der Waals surface area contributed by atoms with Crippen molar-refractivity contribution in [3.05, 3.63) is 0 Å². The Morgan fingerprint density at radius 2 is 0.746 bits per heavy atom. The van der Waals surface area contributed by atoms with Crippen LogP contribution in [0.2, 0.25) is 0 Å². The van der Waals surface area contributed by atoms with Crippen LogP contribution in [-0.4, -0.2) is 93.1 Å². The number of esters is 2. The van der Waals surface area contributed by atoms with Crippen LogP contribution in [0.3, 0.4) is 0 Å². The fraction of sp³-hybridized carbons (Fsp3) is 0.944. The van der Waals surface area contributed by atoms with Gasteiger partial charge in [-0.25, -0.2) is 4.79 Å². The van der Waals surface area contributed by atoms with Crippen molar-refractivity contribution in [1.29, 1.82) is 0 Å². The lowest BCUT2D eigenvalue weighted by Crippen LogP contribution is -2.39. The quantitative estimate of drug-likeness (QED) is 0.0336. The average Bonchev–Trinajstić information content (AvgIpc) is 3.28. The number of hydrogen-bond donors (Lipinski definition) is 0. The third-order valence-electron chi connectivity index (χ3n) is 12.9. The summed E-state index contributed by atoms with van der Waals surface area (Å²) >= 11 is 0. The van der Waals surface area contributed by atoms with Crippen molar-refractivity contribution in [2.75, 3.05) is 59.1 Å². The van der Waals surface area contributed by atoms with Gasteiger partial charge in [0, 0.05) is 39.0 Å². The van der Waals surface area contributed by atoms with Crippen LogP contribution < -0.4 is 0 Å². The highest BCUT2D eigenvalue weighted by atomic mass is 16.7. The zero-order valence-corrected chi connectivity index (χ0v) is 42.8. The van der Waals surface area contributed by atoms with Gasteiger partial charge in [-0.15, -0.1) is 0 Å². The van der Waals surface area contributed by atoms with E-state index in [1.54, 1.807) is 0 Å². The Morgan fingerprint density at radius 3 is 1.21 bits per heavy atom. The standard InChI is InChI=1S/C54H106N2O7/c1-7-13-17-21-24-29-35-41-52(57)60-47-45-56(44-43-55(11-5)12-6)46-48-61-54(59)63-51(39-33-20-16-10-4)40-34-28-25-23-26-30-36-42-53(58)62-49-50(37-31-19-15-9-3)38-32-27-22-18-14-8-2/h50-51H,7-49H2,1-6H3.